The van der Waals surface area contributed by atoms with Gasteiger partial charge in [0.2, 0.25) is 0 Å². The first-order valence-corrected chi connectivity index (χ1v) is 5.78. The summed E-state index contributed by atoms with van der Waals surface area (Å²) < 4.78 is 0. The van der Waals surface area contributed by atoms with Gasteiger partial charge in [0.05, 0.1) is 0 Å². The van der Waals surface area contributed by atoms with E-state index < -0.39 is 0 Å². The number of Topliss-reactive ketones (excluding diaryl/α,β-unsaturated/α-hetero) is 2. The van der Waals surface area contributed by atoms with Gasteiger partial charge < -0.3 is 0 Å². The van der Waals surface area contributed by atoms with E-state index in [0.717, 1.165) is 32.1 Å². The summed E-state index contributed by atoms with van der Waals surface area (Å²) in [5.74, 6) is 0.607. The second-order valence-corrected chi connectivity index (χ2v) is 4.23. The fourth-order valence-corrected chi connectivity index (χ4v) is 2.04. The summed E-state index contributed by atoms with van der Waals surface area (Å²) >= 11 is 0. The Bertz CT molecular complexity index is 208. The van der Waals surface area contributed by atoms with E-state index in [9.17, 15) is 9.59 Å². The molecular weight excluding hydrogens is 176 g/mol. The zero-order valence-electron chi connectivity index (χ0n) is 9.05. The highest BCUT2D eigenvalue weighted by molar-refractivity contribution is 5.87. The van der Waals surface area contributed by atoms with Crippen LogP contribution in [0.25, 0.3) is 0 Å². The van der Waals surface area contributed by atoms with Crippen molar-refractivity contribution in [2.24, 2.45) is 5.92 Å². The molecule has 0 aromatic rings. The second kappa shape index (κ2) is 5.94. The first-order valence-electron chi connectivity index (χ1n) is 5.78. The van der Waals surface area contributed by atoms with Gasteiger partial charge in [-0.15, -0.1) is 0 Å². The predicted molar refractivity (Wildman–Crippen MR) is 56.1 cm³/mol. The SMILES string of the molecule is CCC1CC(=O)CCCCCCC1=O. The zero-order valence-corrected chi connectivity index (χ0v) is 9.05. The fraction of sp³-hybridized carbons (Fsp3) is 0.833. The largest absolute Gasteiger partial charge is 0.300 e. The number of hydrogen-bond acceptors (Lipinski definition) is 2. The third-order valence-corrected chi connectivity index (χ3v) is 3.05. The fourth-order valence-electron chi connectivity index (χ4n) is 2.04. The summed E-state index contributed by atoms with van der Waals surface area (Å²) in [6.07, 6.45) is 6.94. The Morgan fingerprint density at radius 1 is 1.07 bits per heavy atom. The number of carbonyl (C=O) groups is 2. The second-order valence-electron chi connectivity index (χ2n) is 4.23. The van der Waals surface area contributed by atoms with Gasteiger partial charge in [0.1, 0.15) is 11.6 Å². The molecule has 1 aliphatic carbocycles. The molecule has 0 N–H and O–H groups in total. The van der Waals surface area contributed by atoms with Gasteiger partial charge in [0, 0.05) is 25.2 Å². The van der Waals surface area contributed by atoms with Crippen LogP contribution in [0.3, 0.4) is 0 Å². The van der Waals surface area contributed by atoms with Crippen LogP contribution in [0, 0.1) is 5.92 Å². The Hall–Kier alpha value is -0.660. The molecule has 0 amide bonds. The highest BCUT2D eigenvalue weighted by Crippen LogP contribution is 2.19. The molecule has 1 fully saturated rings. The van der Waals surface area contributed by atoms with Crippen molar-refractivity contribution in [2.75, 3.05) is 0 Å². The Kier molecular flexibility index (Phi) is 4.85. The highest BCUT2D eigenvalue weighted by Gasteiger charge is 2.20. The van der Waals surface area contributed by atoms with Gasteiger partial charge in [-0.2, -0.15) is 0 Å². The number of carbonyl (C=O) groups excluding carboxylic acids is 2. The van der Waals surface area contributed by atoms with Crippen LogP contribution in [0.1, 0.15) is 58.3 Å². The lowest BCUT2D eigenvalue weighted by atomic mass is 9.89. The Morgan fingerprint density at radius 2 is 1.71 bits per heavy atom. The van der Waals surface area contributed by atoms with Crippen molar-refractivity contribution in [1.82, 2.24) is 0 Å². The molecule has 2 nitrogen and oxygen atoms in total. The molecule has 1 aliphatic rings. The zero-order chi connectivity index (χ0) is 10.4. The monoisotopic (exact) mass is 196 g/mol. The topological polar surface area (TPSA) is 34.1 Å². The number of rotatable bonds is 1. The minimum absolute atomic E-state index is 0.0144. The van der Waals surface area contributed by atoms with Crippen LogP contribution in [0.15, 0.2) is 0 Å². The van der Waals surface area contributed by atoms with Gasteiger partial charge in [0.25, 0.3) is 0 Å². The Balaban J connectivity index is 2.53. The molecule has 0 aliphatic heterocycles. The molecule has 1 atom stereocenters. The molecule has 2 heteroatoms. The molecule has 80 valence electrons. The first kappa shape index (κ1) is 11.4. The van der Waals surface area contributed by atoms with E-state index in [1.54, 1.807) is 0 Å². The number of hydrogen-bond donors (Lipinski definition) is 0. The lowest BCUT2D eigenvalue weighted by Gasteiger charge is -2.14. The van der Waals surface area contributed by atoms with E-state index in [-0.39, 0.29) is 11.7 Å². The molecule has 0 heterocycles. The standard InChI is InChI=1S/C12H20O2/c1-2-10-9-11(13)7-5-3-4-6-8-12(10)14/h10H,2-9H2,1H3. The summed E-state index contributed by atoms with van der Waals surface area (Å²) in [7, 11) is 0. The molecule has 0 bridgehead atoms. The average molecular weight is 196 g/mol. The minimum atomic E-state index is 0.0144. The summed E-state index contributed by atoms with van der Waals surface area (Å²) in [4.78, 5) is 23.1. The van der Waals surface area contributed by atoms with Crippen LogP contribution in [0.5, 0.6) is 0 Å². The lowest BCUT2D eigenvalue weighted by molar-refractivity contribution is -0.128. The van der Waals surface area contributed by atoms with E-state index >= 15 is 0 Å². The van der Waals surface area contributed by atoms with Crippen molar-refractivity contribution in [2.45, 2.75) is 58.3 Å². The molecule has 0 spiro atoms. The molecule has 0 aromatic heterocycles. The van der Waals surface area contributed by atoms with Crippen LogP contribution >= 0.6 is 0 Å². The summed E-state index contributed by atoms with van der Waals surface area (Å²) in [5, 5.41) is 0. The molecule has 0 aromatic carbocycles. The van der Waals surface area contributed by atoms with E-state index in [0.29, 0.717) is 25.0 Å². The molecule has 1 unspecified atom stereocenters. The highest BCUT2D eigenvalue weighted by atomic mass is 16.1. The van der Waals surface area contributed by atoms with Gasteiger partial charge in [-0.1, -0.05) is 19.8 Å². The van der Waals surface area contributed by atoms with Crippen molar-refractivity contribution >= 4 is 11.6 Å². The molecule has 1 rings (SSSR count). The van der Waals surface area contributed by atoms with Crippen molar-refractivity contribution in [1.29, 1.82) is 0 Å². The predicted octanol–water partition coefficient (Wildman–Crippen LogP) is 2.90. The van der Waals surface area contributed by atoms with Gasteiger partial charge in [-0.05, 0) is 19.3 Å². The lowest BCUT2D eigenvalue weighted by Crippen LogP contribution is -2.18. The summed E-state index contributed by atoms with van der Waals surface area (Å²) in [6.45, 7) is 2.00. The molecule has 0 saturated heterocycles. The Labute approximate surface area is 86.1 Å². The maximum atomic E-state index is 11.7. The van der Waals surface area contributed by atoms with Gasteiger partial charge >= 0.3 is 0 Å². The van der Waals surface area contributed by atoms with Crippen molar-refractivity contribution in [3.8, 4) is 0 Å². The van der Waals surface area contributed by atoms with Crippen molar-refractivity contribution in [3.05, 3.63) is 0 Å². The van der Waals surface area contributed by atoms with Crippen LogP contribution in [0.2, 0.25) is 0 Å². The maximum absolute atomic E-state index is 11.7. The average Bonchev–Trinajstić information content (AvgIpc) is 2.19. The maximum Gasteiger partial charge on any atom is 0.136 e. The van der Waals surface area contributed by atoms with Crippen molar-refractivity contribution in [3.63, 3.8) is 0 Å². The smallest absolute Gasteiger partial charge is 0.136 e. The third-order valence-electron chi connectivity index (χ3n) is 3.05. The minimum Gasteiger partial charge on any atom is -0.300 e. The van der Waals surface area contributed by atoms with Crippen LogP contribution in [-0.4, -0.2) is 11.6 Å². The number of ketones is 2. The normalized spacial score (nSPS) is 26.2. The molecular formula is C12H20O2. The van der Waals surface area contributed by atoms with Gasteiger partial charge in [-0.25, -0.2) is 0 Å². The van der Waals surface area contributed by atoms with Crippen LogP contribution in [0.4, 0.5) is 0 Å². The molecule has 14 heavy (non-hydrogen) atoms. The van der Waals surface area contributed by atoms with Crippen LogP contribution < -0.4 is 0 Å². The van der Waals surface area contributed by atoms with Crippen LogP contribution in [-0.2, 0) is 9.59 Å². The van der Waals surface area contributed by atoms with Crippen molar-refractivity contribution < 1.29 is 9.59 Å². The summed E-state index contributed by atoms with van der Waals surface area (Å²) in [5.41, 5.74) is 0. The third kappa shape index (κ3) is 3.60. The molecule has 1 saturated carbocycles. The van der Waals surface area contributed by atoms with E-state index in [1.165, 1.54) is 0 Å². The molecule has 0 radical (unpaired) electrons. The van der Waals surface area contributed by atoms with E-state index in [2.05, 4.69) is 0 Å². The van der Waals surface area contributed by atoms with Gasteiger partial charge in [-0.3, -0.25) is 9.59 Å². The summed E-state index contributed by atoms with van der Waals surface area (Å²) in [6, 6.07) is 0. The van der Waals surface area contributed by atoms with E-state index in [4.69, 9.17) is 0 Å². The Morgan fingerprint density at radius 3 is 2.36 bits per heavy atom. The first-order chi connectivity index (χ1) is 6.74. The van der Waals surface area contributed by atoms with Gasteiger partial charge in [0.15, 0.2) is 0 Å². The van der Waals surface area contributed by atoms with E-state index in [1.807, 2.05) is 6.92 Å². The quantitative estimate of drug-likeness (QED) is 0.646.